The molecule has 0 aromatic carbocycles. The molecule has 0 saturated carbocycles. The van der Waals surface area contributed by atoms with Crippen LogP contribution in [0.2, 0.25) is 0 Å². The summed E-state index contributed by atoms with van der Waals surface area (Å²) in [5.41, 5.74) is 2.44. The lowest BCUT2D eigenvalue weighted by Gasteiger charge is -2.36. The van der Waals surface area contributed by atoms with E-state index in [9.17, 15) is 4.79 Å². The average Bonchev–Trinajstić information content (AvgIpc) is 3.08. The third-order valence-electron chi connectivity index (χ3n) is 4.21. The predicted octanol–water partition coefficient (Wildman–Crippen LogP) is 1.04. The van der Waals surface area contributed by atoms with Gasteiger partial charge in [-0.2, -0.15) is 10.5 Å². The second-order valence-electron chi connectivity index (χ2n) is 5.52. The van der Waals surface area contributed by atoms with Crippen LogP contribution in [0, 0.1) is 0 Å². The Balaban J connectivity index is 1.42. The van der Waals surface area contributed by atoms with Gasteiger partial charge in [-0.05, 0) is 38.8 Å². The summed E-state index contributed by atoms with van der Waals surface area (Å²) in [6, 6.07) is 2.03. The van der Waals surface area contributed by atoms with Crippen molar-refractivity contribution in [3.63, 3.8) is 0 Å². The maximum Gasteiger partial charge on any atom is 0.350 e. The quantitative estimate of drug-likeness (QED) is 0.843. The number of hydroxylamine groups is 1. The molecule has 2 saturated heterocycles. The average molecular weight is 291 g/mol. The lowest BCUT2D eigenvalue weighted by molar-refractivity contribution is 0.107. The van der Waals surface area contributed by atoms with E-state index in [0.29, 0.717) is 11.9 Å². The number of nitrogens with one attached hydrogen (secondary N) is 1. The number of urea groups is 1. The van der Waals surface area contributed by atoms with E-state index in [-0.39, 0.29) is 6.03 Å². The number of carbonyl (C=O) groups is 1. The Kier molecular flexibility index (Phi) is 4.49. The van der Waals surface area contributed by atoms with Gasteiger partial charge in [-0.15, -0.1) is 0 Å². The van der Waals surface area contributed by atoms with Crippen molar-refractivity contribution >= 4 is 6.03 Å². The molecule has 0 bridgehead atoms. The lowest BCUT2D eigenvalue weighted by atomic mass is 10.0. The minimum absolute atomic E-state index is 0.200. The molecule has 0 atom stereocenters. The Bertz CT molecular complexity index is 456. The molecule has 3 rings (SSSR count). The number of aromatic nitrogens is 2. The minimum atomic E-state index is -0.200. The van der Waals surface area contributed by atoms with Gasteiger partial charge in [-0.25, -0.2) is 9.78 Å². The SMILES string of the molecule is O=C(NOc1ccncn1)N1CCC(N2CCCC2)CC1. The van der Waals surface area contributed by atoms with Crippen molar-refractivity contribution in [2.75, 3.05) is 26.2 Å². The van der Waals surface area contributed by atoms with Gasteiger partial charge in [-0.1, -0.05) is 0 Å². The zero-order valence-electron chi connectivity index (χ0n) is 12.1. The van der Waals surface area contributed by atoms with Gasteiger partial charge in [0, 0.05) is 31.4 Å². The second-order valence-corrected chi connectivity index (χ2v) is 5.52. The van der Waals surface area contributed by atoms with Crippen LogP contribution < -0.4 is 10.3 Å². The van der Waals surface area contributed by atoms with Crippen LogP contribution in [0.1, 0.15) is 25.7 Å². The molecule has 1 aromatic rings. The summed E-state index contributed by atoms with van der Waals surface area (Å²) < 4.78 is 0. The second kappa shape index (κ2) is 6.71. The molecular formula is C14H21N5O2. The van der Waals surface area contributed by atoms with Crippen LogP contribution in [0.15, 0.2) is 18.6 Å². The molecule has 114 valence electrons. The molecule has 1 N–H and O–H groups in total. The van der Waals surface area contributed by atoms with Crippen LogP contribution >= 0.6 is 0 Å². The molecule has 2 amide bonds. The van der Waals surface area contributed by atoms with Gasteiger partial charge in [0.25, 0.3) is 0 Å². The highest BCUT2D eigenvalue weighted by Gasteiger charge is 2.28. The fourth-order valence-corrected chi connectivity index (χ4v) is 3.04. The largest absolute Gasteiger partial charge is 0.357 e. The van der Waals surface area contributed by atoms with Gasteiger partial charge in [0.05, 0.1) is 0 Å². The summed E-state index contributed by atoms with van der Waals surface area (Å²) in [6.45, 7) is 3.99. The third-order valence-corrected chi connectivity index (χ3v) is 4.21. The maximum absolute atomic E-state index is 12.0. The fourth-order valence-electron chi connectivity index (χ4n) is 3.04. The van der Waals surface area contributed by atoms with Crippen LogP contribution in [0.5, 0.6) is 5.88 Å². The number of likely N-dealkylation sites (tertiary alicyclic amines) is 2. The molecule has 0 radical (unpaired) electrons. The zero-order chi connectivity index (χ0) is 14.5. The first-order valence-electron chi connectivity index (χ1n) is 7.55. The molecule has 0 spiro atoms. The summed E-state index contributed by atoms with van der Waals surface area (Å²) in [5, 5.41) is 0. The smallest absolute Gasteiger partial charge is 0.350 e. The Morgan fingerprint density at radius 1 is 1.24 bits per heavy atom. The summed E-state index contributed by atoms with van der Waals surface area (Å²) in [7, 11) is 0. The number of hydrogen-bond donors (Lipinski definition) is 1. The molecule has 2 aliphatic rings. The predicted molar refractivity (Wildman–Crippen MR) is 76.6 cm³/mol. The molecule has 1 aromatic heterocycles. The van der Waals surface area contributed by atoms with Gasteiger partial charge in [0.1, 0.15) is 6.33 Å². The zero-order valence-corrected chi connectivity index (χ0v) is 12.1. The molecule has 2 aliphatic heterocycles. The molecular weight excluding hydrogens is 270 g/mol. The van der Waals surface area contributed by atoms with Crippen LogP contribution in [0.3, 0.4) is 0 Å². The summed E-state index contributed by atoms with van der Waals surface area (Å²) in [6.07, 6.45) is 7.65. The number of rotatable bonds is 3. The Hall–Kier alpha value is -1.89. The highest BCUT2D eigenvalue weighted by atomic mass is 16.7. The fraction of sp³-hybridized carbons (Fsp3) is 0.643. The van der Waals surface area contributed by atoms with E-state index in [1.165, 1.54) is 32.3 Å². The van der Waals surface area contributed by atoms with Crippen LogP contribution in [0.4, 0.5) is 4.79 Å². The van der Waals surface area contributed by atoms with Crippen LogP contribution in [-0.4, -0.2) is 58.0 Å². The van der Waals surface area contributed by atoms with Crippen molar-refractivity contribution < 1.29 is 9.63 Å². The first-order chi connectivity index (χ1) is 10.3. The lowest BCUT2D eigenvalue weighted by Crippen LogP contribution is -2.49. The van der Waals surface area contributed by atoms with Crippen molar-refractivity contribution in [2.45, 2.75) is 31.7 Å². The van der Waals surface area contributed by atoms with E-state index in [1.54, 1.807) is 17.2 Å². The standard InChI is InChI=1S/C14H21N5O2/c20-14(17-21-13-3-6-15-11-16-13)19-9-4-12(5-10-19)18-7-1-2-8-18/h3,6,11-12H,1-2,4-5,7-10H2,(H,17,20). The minimum Gasteiger partial charge on any atom is -0.357 e. The normalized spacial score (nSPS) is 20.5. The monoisotopic (exact) mass is 291 g/mol. The van der Waals surface area contributed by atoms with E-state index in [2.05, 4.69) is 20.3 Å². The van der Waals surface area contributed by atoms with Crippen molar-refractivity contribution in [3.8, 4) is 5.88 Å². The van der Waals surface area contributed by atoms with Gasteiger partial charge in [0.2, 0.25) is 5.88 Å². The summed E-state index contributed by atoms with van der Waals surface area (Å²) in [4.78, 5) is 29.2. The van der Waals surface area contributed by atoms with Crippen molar-refractivity contribution in [2.24, 2.45) is 0 Å². The molecule has 3 heterocycles. The van der Waals surface area contributed by atoms with Crippen molar-refractivity contribution in [3.05, 3.63) is 18.6 Å². The van der Waals surface area contributed by atoms with Gasteiger partial charge >= 0.3 is 6.03 Å². The number of amides is 2. The first kappa shape index (κ1) is 14.1. The Morgan fingerprint density at radius 3 is 2.67 bits per heavy atom. The molecule has 7 nitrogen and oxygen atoms in total. The molecule has 0 aliphatic carbocycles. The van der Waals surface area contributed by atoms with Gasteiger partial charge in [-0.3, -0.25) is 0 Å². The van der Waals surface area contributed by atoms with Crippen molar-refractivity contribution in [1.29, 1.82) is 0 Å². The third kappa shape index (κ3) is 3.60. The van der Waals surface area contributed by atoms with Gasteiger partial charge in [0.15, 0.2) is 0 Å². The summed E-state index contributed by atoms with van der Waals surface area (Å²) in [5.74, 6) is 0.338. The van der Waals surface area contributed by atoms with E-state index in [4.69, 9.17) is 4.84 Å². The van der Waals surface area contributed by atoms with Crippen LogP contribution in [0.25, 0.3) is 0 Å². The van der Waals surface area contributed by atoms with E-state index >= 15 is 0 Å². The van der Waals surface area contributed by atoms with Crippen LogP contribution in [-0.2, 0) is 0 Å². The molecule has 0 unspecified atom stereocenters. The van der Waals surface area contributed by atoms with Crippen molar-refractivity contribution in [1.82, 2.24) is 25.2 Å². The Labute approximate surface area is 124 Å². The van der Waals surface area contributed by atoms with E-state index in [0.717, 1.165) is 25.9 Å². The summed E-state index contributed by atoms with van der Waals surface area (Å²) >= 11 is 0. The van der Waals surface area contributed by atoms with Gasteiger partial charge < -0.3 is 14.6 Å². The highest BCUT2D eigenvalue weighted by Crippen LogP contribution is 2.21. The number of carbonyl (C=O) groups excluding carboxylic acids is 1. The van der Waals surface area contributed by atoms with E-state index < -0.39 is 0 Å². The Morgan fingerprint density at radius 2 is 2.00 bits per heavy atom. The maximum atomic E-state index is 12.0. The highest BCUT2D eigenvalue weighted by molar-refractivity contribution is 5.73. The topological polar surface area (TPSA) is 70.6 Å². The molecule has 2 fully saturated rings. The number of nitrogens with zero attached hydrogens (tertiary/aromatic N) is 4. The first-order valence-corrected chi connectivity index (χ1v) is 7.55. The molecule has 7 heteroatoms. The number of hydrogen-bond acceptors (Lipinski definition) is 5. The number of piperidine rings is 1. The van der Waals surface area contributed by atoms with E-state index in [1.807, 2.05) is 0 Å². The molecule has 21 heavy (non-hydrogen) atoms.